The molecule has 2 heterocycles. The normalized spacial score (nSPS) is 16.9. The van der Waals surface area contributed by atoms with Crippen molar-refractivity contribution in [2.45, 2.75) is 39.2 Å². The maximum Gasteiger partial charge on any atom is 0.247 e. The quantitative estimate of drug-likeness (QED) is 0.757. The molecule has 1 amide bonds. The zero-order valence-corrected chi connectivity index (χ0v) is 14.8. The van der Waals surface area contributed by atoms with E-state index in [1.54, 1.807) is 12.3 Å². The molecule has 2 N–H and O–H groups in total. The minimum absolute atomic E-state index is 0.0631. The van der Waals surface area contributed by atoms with Gasteiger partial charge in [0, 0.05) is 37.8 Å². The van der Waals surface area contributed by atoms with E-state index in [0.717, 1.165) is 12.0 Å². The van der Waals surface area contributed by atoms with Crippen LogP contribution in [0.25, 0.3) is 0 Å². The van der Waals surface area contributed by atoms with Gasteiger partial charge in [-0.2, -0.15) is 0 Å². The number of piperidine rings is 1. The van der Waals surface area contributed by atoms with Crippen molar-refractivity contribution in [3.63, 3.8) is 0 Å². The summed E-state index contributed by atoms with van der Waals surface area (Å²) in [4.78, 5) is 25.8. The van der Waals surface area contributed by atoms with Crippen molar-refractivity contribution in [2.24, 2.45) is 5.92 Å². The van der Waals surface area contributed by atoms with Crippen LogP contribution in [0.5, 0.6) is 0 Å². The zero-order valence-electron chi connectivity index (χ0n) is 14.0. The molecule has 0 bridgehead atoms. The molecule has 0 spiro atoms. The van der Waals surface area contributed by atoms with Crippen LogP contribution in [-0.4, -0.2) is 42.5 Å². The van der Waals surface area contributed by atoms with Gasteiger partial charge >= 0.3 is 0 Å². The number of rotatable bonds is 7. The largest absolute Gasteiger partial charge is 0.352 e. The number of hydrogen-bond acceptors (Lipinski definition) is 4. The minimum atomic E-state index is -3.19. The average Bonchev–Trinajstić information content (AvgIpc) is 2.59. The SMILES string of the molecule is CCCCS(=O)(=O)N1CCC(C(=O)NCc2ccc(=O)[nH]c2)CC1. The molecule has 1 aliphatic rings. The van der Waals surface area contributed by atoms with E-state index in [9.17, 15) is 18.0 Å². The molecule has 0 aliphatic carbocycles. The van der Waals surface area contributed by atoms with Gasteiger partial charge < -0.3 is 10.3 Å². The maximum atomic E-state index is 12.2. The van der Waals surface area contributed by atoms with Crippen molar-refractivity contribution in [1.29, 1.82) is 0 Å². The van der Waals surface area contributed by atoms with Gasteiger partial charge in [0.25, 0.3) is 0 Å². The molecular weight excluding hydrogens is 330 g/mol. The van der Waals surface area contributed by atoms with E-state index in [1.807, 2.05) is 6.92 Å². The first-order valence-corrected chi connectivity index (χ1v) is 9.96. The summed E-state index contributed by atoms with van der Waals surface area (Å²) in [7, 11) is -3.19. The van der Waals surface area contributed by atoms with Crippen LogP contribution < -0.4 is 10.9 Å². The number of nitrogens with zero attached hydrogens (tertiary/aromatic N) is 1. The Bertz CT molecular complexity index is 686. The Balaban J connectivity index is 1.80. The average molecular weight is 355 g/mol. The molecule has 0 radical (unpaired) electrons. The molecule has 1 fully saturated rings. The van der Waals surface area contributed by atoms with Crippen molar-refractivity contribution < 1.29 is 13.2 Å². The first-order chi connectivity index (χ1) is 11.4. The Morgan fingerprint density at radius 1 is 1.33 bits per heavy atom. The predicted molar refractivity (Wildman–Crippen MR) is 91.9 cm³/mol. The van der Waals surface area contributed by atoms with E-state index in [4.69, 9.17) is 0 Å². The van der Waals surface area contributed by atoms with Crippen molar-refractivity contribution in [3.8, 4) is 0 Å². The van der Waals surface area contributed by atoms with Crippen molar-refractivity contribution in [1.82, 2.24) is 14.6 Å². The molecule has 1 saturated heterocycles. The van der Waals surface area contributed by atoms with Crippen LogP contribution >= 0.6 is 0 Å². The number of carbonyl (C=O) groups excluding carboxylic acids is 1. The van der Waals surface area contributed by atoms with E-state index in [2.05, 4.69) is 10.3 Å². The van der Waals surface area contributed by atoms with Crippen molar-refractivity contribution in [2.75, 3.05) is 18.8 Å². The Labute approximate surface area is 142 Å². The van der Waals surface area contributed by atoms with Crippen LogP contribution in [0.15, 0.2) is 23.1 Å². The molecule has 0 atom stereocenters. The highest BCUT2D eigenvalue weighted by Crippen LogP contribution is 2.20. The number of sulfonamides is 1. The van der Waals surface area contributed by atoms with Gasteiger partial charge in [0.05, 0.1) is 5.75 Å². The van der Waals surface area contributed by atoms with Gasteiger partial charge in [-0.15, -0.1) is 0 Å². The number of carbonyl (C=O) groups is 1. The molecule has 1 aromatic rings. The number of H-pyrrole nitrogens is 1. The number of hydrogen-bond donors (Lipinski definition) is 2. The molecule has 2 rings (SSSR count). The molecule has 0 aromatic carbocycles. The second-order valence-corrected chi connectivity index (χ2v) is 8.21. The monoisotopic (exact) mass is 355 g/mol. The molecule has 8 heteroatoms. The van der Waals surface area contributed by atoms with Crippen LogP contribution in [0.2, 0.25) is 0 Å². The summed E-state index contributed by atoms with van der Waals surface area (Å²) in [5, 5.41) is 2.85. The van der Waals surface area contributed by atoms with E-state index in [-0.39, 0.29) is 23.1 Å². The predicted octanol–water partition coefficient (Wildman–Crippen LogP) is 0.833. The van der Waals surface area contributed by atoms with Crippen LogP contribution in [0, 0.1) is 5.92 Å². The topological polar surface area (TPSA) is 99.3 Å². The highest BCUT2D eigenvalue weighted by atomic mass is 32.2. The van der Waals surface area contributed by atoms with Gasteiger partial charge in [-0.25, -0.2) is 12.7 Å². The van der Waals surface area contributed by atoms with E-state index in [0.29, 0.717) is 38.9 Å². The lowest BCUT2D eigenvalue weighted by Gasteiger charge is -2.30. The number of nitrogens with one attached hydrogen (secondary N) is 2. The smallest absolute Gasteiger partial charge is 0.247 e. The molecule has 134 valence electrons. The van der Waals surface area contributed by atoms with E-state index >= 15 is 0 Å². The fourth-order valence-electron chi connectivity index (χ4n) is 2.74. The molecular formula is C16H25N3O4S. The first-order valence-electron chi connectivity index (χ1n) is 8.35. The van der Waals surface area contributed by atoms with Gasteiger partial charge in [-0.05, 0) is 24.8 Å². The lowest BCUT2D eigenvalue weighted by atomic mass is 9.97. The number of amides is 1. The third kappa shape index (κ3) is 5.17. The van der Waals surface area contributed by atoms with Crippen LogP contribution in [0.3, 0.4) is 0 Å². The van der Waals surface area contributed by atoms with Crippen molar-refractivity contribution in [3.05, 3.63) is 34.2 Å². The number of unbranched alkanes of at least 4 members (excludes halogenated alkanes) is 1. The summed E-state index contributed by atoms with van der Waals surface area (Å²) < 4.78 is 25.8. The number of pyridine rings is 1. The fourth-order valence-corrected chi connectivity index (χ4v) is 4.42. The summed E-state index contributed by atoms with van der Waals surface area (Å²) in [6.45, 7) is 3.13. The van der Waals surface area contributed by atoms with Crippen molar-refractivity contribution >= 4 is 15.9 Å². The molecule has 1 aromatic heterocycles. The lowest BCUT2D eigenvalue weighted by molar-refractivity contribution is -0.126. The third-order valence-electron chi connectivity index (χ3n) is 4.29. The highest BCUT2D eigenvalue weighted by Gasteiger charge is 2.30. The minimum Gasteiger partial charge on any atom is -0.352 e. The number of aromatic amines is 1. The summed E-state index contributed by atoms with van der Waals surface area (Å²) in [6, 6.07) is 3.09. The van der Waals surface area contributed by atoms with Crippen LogP contribution in [0.4, 0.5) is 0 Å². The van der Waals surface area contributed by atoms with E-state index in [1.165, 1.54) is 10.4 Å². The summed E-state index contributed by atoms with van der Waals surface area (Å²) in [5.74, 6) is -0.0377. The molecule has 24 heavy (non-hydrogen) atoms. The Hall–Kier alpha value is -1.67. The summed E-state index contributed by atoms with van der Waals surface area (Å²) in [5.41, 5.74) is 0.643. The fraction of sp³-hybridized carbons (Fsp3) is 0.625. The second kappa shape index (κ2) is 8.43. The van der Waals surface area contributed by atoms with Gasteiger partial charge in [0.1, 0.15) is 0 Å². The Morgan fingerprint density at radius 3 is 2.62 bits per heavy atom. The highest BCUT2D eigenvalue weighted by molar-refractivity contribution is 7.89. The molecule has 1 aliphatic heterocycles. The van der Waals surface area contributed by atoms with Gasteiger partial charge in [0.15, 0.2) is 0 Å². The maximum absolute atomic E-state index is 12.2. The van der Waals surface area contributed by atoms with Gasteiger partial charge in [-0.1, -0.05) is 19.4 Å². The molecule has 7 nitrogen and oxygen atoms in total. The second-order valence-electron chi connectivity index (χ2n) is 6.12. The van der Waals surface area contributed by atoms with E-state index < -0.39 is 10.0 Å². The Kier molecular flexibility index (Phi) is 6.56. The van der Waals surface area contributed by atoms with Gasteiger partial charge in [-0.3, -0.25) is 9.59 Å². The molecule has 0 saturated carbocycles. The standard InChI is InChI=1S/C16H25N3O4S/c1-2-3-10-24(22,23)19-8-6-14(7-9-19)16(21)18-12-13-4-5-15(20)17-11-13/h4-5,11,14H,2-3,6-10,12H2,1H3,(H,17,20)(H,18,21). The van der Waals surface area contributed by atoms with Crippen LogP contribution in [0.1, 0.15) is 38.2 Å². The first kappa shape index (κ1) is 18.7. The lowest BCUT2D eigenvalue weighted by Crippen LogP contribution is -2.43. The van der Waals surface area contributed by atoms with Crippen LogP contribution in [-0.2, 0) is 21.4 Å². The molecule has 0 unspecified atom stereocenters. The number of aromatic nitrogens is 1. The zero-order chi connectivity index (χ0) is 17.6. The summed E-state index contributed by atoms with van der Waals surface area (Å²) in [6.07, 6.45) is 4.18. The van der Waals surface area contributed by atoms with Gasteiger partial charge in [0.2, 0.25) is 21.5 Å². The summed E-state index contributed by atoms with van der Waals surface area (Å²) >= 11 is 0. The third-order valence-corrected chi connectivity index (χ3v) is 6.25. The Morgan fingerprint density at radius 2 is 2.04 bits per heavy atom.